The molecule has 2 N–H and O–H groups in total. The normalized spacial score (nSPS) is 12.3. The highest BCUT2D eigenvalue weighted by Crippen LogP contribution is 2.40. The van der Waals surface area contributed by atoms with E-state index in [0.29, 0.717) is 12.2 Å². The topological polar surface area (TPSA) is 57.5 Å². The molecule has 0 amide bonds. The van der Waals surface area contributed by atoms with Gasteiger partial charge < -0.3 is 10.2 Å². The summed E-state index contributed by atoms with van der Waals surface area (Å²) in [5.74, 6) is -0.551. The quantitative estimate of drug-likeness (QED) is 0.755. The summed E-state index contributed by atoms with van der Waals surface area (Å²) >= 11 is 0. The zero-order valence-electron chi connectivity index (χ0n) is 15.3. The van der Waals surface area contributed by atoms with Gasteiger partial charge in [-0.2, -0.15) is 0 Å². The molecule has 0 saturated carbocycles. The molecule has 1 aromatic carbocycles. The molecule has 0 bridgehead atoms. The summed E-state index contributed by atoms with van der Waals surface area (Å²) in [5, 5.41) is 19.6. The molecule has 0 aliphatic rings. The number of phenols is 1. The van der Waals surface area contributed by atoms with Gasteiger partial charge >= 0.3 is 5.97 Å². The van der Waals surface area contributed by atoms with Crippen molar-refractivity contribution in [3.63, 3.8) is 0 Å². The fraction of sp³-hybridized carbons (Fsp3) is 0.550. The lowest BCUT2D eigenvalue weighted by Crippen LogP contribution is -2.18. The number of aromatic hydroxyl groups is 1. The highest BCUT2D eigenvalue weighted by Gasteiger charge is 2.26. The number of benzene rings is 1. The molecule has 128 valence electrons. The summed E-state index contributed by atoms with van der Waals surface area (Å²) in [6.07, 6.45) is 1.99. The number of carboxylic acid groups (broad SMARTS) is 1. The van der Waals surface area contributed by atoms with Gasteiger partial charge in [0, 0.05) is 5.57 Å². The Kier molecular flexibility index (Phi) is 5.68. The lowest BCUT2D eigenvalue weighted by Gasteiger charge is -2.28. The summed E-state index contributed by atoms with van der Waals surface area (Å²) in [6, 6.07) is 4.10. The summed E-state index contributed by atoms with van der Waals surface area (Å²) in [6.45, 7) is 16.1. The molecule has 0 aromatic heterocycles. The van der Waals surface area contributed by atoms with Crippen LogP contribution in [0.3, 0.4) is 0 Å². The molecule has 0 atom stereocenters. The summed E-state index contributed by atoms with van der Waals surface area (Å²) < 4.78 is 0. The second kappa shape index (κ2) is 6.77. The third-order valence-corrected chi connectivity index (χ3v) is 4.03. The first-order valence-electron chi connectivity index (χ1n) is 8.12. The summed E-state index contributed by atoms with van der Waals surface area (Å²) in [5.41, 5.74) is 2.97. The molecule has 23 heavy (non-hydrogen) atoms. The van der Waals surface area contributed by atoms with Crippen molar-refractivity contribution in [3.8, 4) is 5.75 Å². The van der Waals surface area contributed by atoms with Crippen LogP contribution in [-0.2, 0) is 22.0 Å². The van der Waals surface area contributed by atoms with E-state index >= 15 is 0 Å². The van der Waals surface area contributed by atoms with Crippen LogP contribution < -0.4 is 0 Å². The van der Waals surface area contributed by atoms with Gasteiger partial charge in [0.1, 0.15) is 5.75 Å². The number of hydrogen-bond donors (Lipinski definition) is 2. The summed E-state index contributed by atoms with van der Waals surface area (Å²) in [4.78, 5) is 10.8. The van der Waals surface area contributed by atoms with E-state index in [9.17, 15) is 9.90 Å². The average molecular weight is 318 g/mol. The largest absolute Gasteiger partial charge is 0.507 e. The second-order valence-corrected chi connectivity index (χ2v) is 8.30. The number of aliphatic carboxylic acids is 1. The lowest BCUT2D eigenvalue weighted by atomic mass is 9.78. The van der Waals surface area contributed by atoms with E-state index in [2.05, 4.69) is 48.1 Å². The SMILES string of the molecule is C=C(CCCc1cc(C(C)(C)C)c(O)c(C(C)(C)C)c1)C(=O)O. The predicted octanol–water partition coefficient (Wildman–Crippen LogP) is 4.95. The van der Waals surface area contributed by atoms with Crippen LogP contribution in [0.2, 0.25) is 0 Å². The standard InChI is InChI=1S/C20H30O3/c1-13(18(22)23)9-8-10-14-11-15(19(2,3)4)17(21)16(12-14)20(5,6)7/h11-12,21H,1,8-10H2,2-7H3,(H,22,23). The Morgan fingerprint density at radius 3 is 1.83 bits per heavy atom. The molecule has 0 heterocycles. The molecule has 0 unspecified atom stereocenters. The van der Waals surface area contributed by atoms with Gasteiger partial charge in [-0.3, -0.25) is 0 Å². The number of carbonyl (C=O) groups is 1. The maximum Gasteiger partial charge on any atom is 0.330 e. The Balaban J connectivity index is 3.14. The molecule has 1 rings (SSSR count). The van der Waals surface area contributed by atoms with Gasteiger partial charge in [-0.15, -0.1) is 0 Å². The molecule has 3 heteroatoms. The van der Waals surface area contributed by atoms with Crippen LogP contribution in [0.5, 0.6) is 5.75 Å². The first-order chi connectivity index (χ1) is 10.3. The number of carboxylic acids is 1. The average Bonchev–Trinajstić information content (AvgIpc) is 2.37. The Morgan fingerprint density at radius 2 is 1.48 bits per heavy atom. The Bertz CT molecular complexity index is 563. The van der Waals surface area contributed by atoms with Crippen molar-refractivity contribution in [1.29, 1.82) is 0 Å². The first kappa shape index (κ1) is 19.3. The Labute approximate surface area is 140 Å². The zero-order valence-corrected chi connectivity index (χ0v) is 15.3. The smallest absolute Gasteiger partial charge is 0.330 e. The van der Waals surface area contributed by atoms with Crippen molar-refractivity contribution in [3.05, 3.63) is 41.0 Å². The van der Waals surface area contributed by atoms with Crippen molar-refractivity contribution in [2.24, 2.45) is 0 Å². The molecule has 0 spiro atoms. The lowest BCUT2D eigenvalue weighted by molar-refractivity contribution is -0.132. The highest BCUT2D eigenvalue weighted by molar-refractivity contribution is 5.85. The number of rotatable bonds is 5. The van der Waals surface area contributed by atoms with Gasteiger partial charge in [0.25, 0.3) is 0 Å². The number of hydrogen-bond acceptors (Lipinski definition) is 2. The van der Waals surface area contributed by atoms with Crippen molar-refractivity contribution in [2.75, 3.05) is 0 Å². The van der Waals surface area contributed by atoms with Crippen LogP contribution in [0, 0.1) is 0 Å². The van der Waals surface area contributed by atoms with Crippen LogP contribution in [0.4, 0.5) is 0 Å². The van der Waals surface area contributed by atoms with Gasteiger partial charge in [-0.1, -0.05) is 60.3 Å². The van der Waals surface area contributed by atoms with Crippen LogP contribution >= 0.6 is 0 Å². The number of phenolic OH excluding ortho intramolecular Hbond substituents is 1. The number of aryl methyl sites for hydroxylation is 1. The van der Waals surface area contributed by atoms with E-state index in [-0.39, 0.29) is 16.4 Å². The fourth-order valence-corrected chi connectivity index (χ4v) is 2.59. The minimum absolute atomic E-state index is 0.148. The fourth-order valence-electron chi connectivity index (χ4n) is 2.59. The summed E-state index contributed by atoms with van der Waals surface area (Å²) in [7, 11) is 0. The van der Waals surface area contributed by atoms with Crippen molar-refractivity contribution in [1.82, 2.24) is 0 Å². The van der Waals surface area contributed by atoms with Crippen molar-refractivity contribution in [2.45, 2.75) is 71.6 Å². The third kappa shape index (κ3) is 5.12. The van der Waals surface area contributed by atoms with Gasteiger partial charge in [-0.05, 0) is 46.8 Å². The van der Waals surface area contributed by atoms with Crippen LogP contribution in [0.25, 0.3) is 0 Å². The van der Waals surface area contributed by atoms with Gasteiger partial charge in [-0.25, -0.2) is 4.79 Å². The highest BCUT2D eigenvalue weighted by atomic mass is 16.4. The first-order valence-corrected chi connectivity index (χ1v) is 8.12. The van der Waals surface area contributed by atoms with E-state index in [1.165, 1.54) is 0 Å². The maximum atomic E-state index is 10.8. The third-order valence-electron chi connectivity index (χ3n) is 4.03. The molecule has 0 radical (unpaired) electrons. The molecular weight excluding hydrogens is 288 g/mol. The zero-order chi connectivity index (χ0) is 18.0. The minimum Gasteiger partial charge on any atom is -0.507 e. The Morgan fingerprint density at radius 1 is 1.04 bits per heavy atom. The van der Waals surface area contributed by atoms with E-state index in [4.69, 9.17) is 5.11 Å². The van der Waals surface area contributed by atoms with Crippen molar-refractivity contribution < 1.29 is 15.0 Å². The van der Waals surface area contributed by atoms with Gasteiger partial charge in [0.15, 0.2) is 0 Å². The molecule has 0 fully saturated rings. The molecule has 0 aliphatic heterocycles. The van der Waals surface area contributed by atoms with Crippen LogP contribution in [0.1, 0.15) is 71.1 Å². The minimum atomic E-state index is -0.929. The van der Waals surface area contributed by atoms with E-state index in [1.54, 1.807) is 0 Å². The van der Waals surface area contributed by atoms with Crippen LogP contribution in [0.15, 0.2) is 24.3 Å². The monoisotopic (exact) mass is 318 g/mol. The van der Waals surface area contributed by atoms with Crippen molar-refractivity contribution >= 4 is 5.97 Å². The molecule has 0 aliphatic carbocycles. The second-order valence-electron chi connectivity index (χ2n) is 8.30. The van der Waals surface area contributed by atoms with E-state index in [1.807, 2.05) is 12.1 Å². The van der Waals surface area contributed by atoms with E-state index < -0.39 is 5.97 Å². The molecule has 0 saturated heterocycles. The molecule has 1 aromatic rings. The predicted molar refractivity (Wildman–Crippen MR) is 95.2 cm³/mol. The molecular formula is C20H30O3. The van der Waals surface area contributed by atoms with Crippen LogP contribution in [-0.4, -0.2) is 16.2 Å². The Hall–Kier alpha value is -1.77. The van der Waals surface area contributed by atoms with Gasteiger partial charge in [0.2, 0.25) is 0 Å². The molecule has 3 nitrogen and oxygen atoms in total. The maximum absolute atomic E-state index is 10.8. The van der Waals surface area contributed by atoms with E-state index in [0.717, 1.165) is 29.5 Å². The van der Waals surface area contributed by atoms with Gasteiger partial charge in [0.05, 0.1) is 0 Å².